The van der Waals surface area contributed by atoms with E-state index in [9.17, 15) is 0 Å². The predicted octanol–water partition coefficient (Wildman–Crippen LogP) is 5.19. The van der Waals surface area contributed by atoms with Gasteiger partial charge in [0.25, 0.3) is 0 Å². The third-order valence-electron chi connectivity index (χ3n) is 4.79. The molecule has 4 heteroatoms. The first-order valence-electron chi connectivity index (χ1n) is 8.48. The van der Waals surface area contributed by atoms with E-state index in [1.165, 1.54) is 11.1 Å². The monoisotopic (exact) mass is 343 g/mol. The summed E-state index contributed by atoms with van der Waals surface area (Å²) in [5.41, 5.74) is 6.88. The molecule has 0 bridgehead atoms. The van der Waals surface area contributed by atoms with Crippen molar-refractivity contribution in [3.8, 4) is 50.8 Å². The number of aromatic nitrogens is 1. The van der Waals surface area contributed by atoms with Gasteiger partial charge in [0.2, 0.25) is 6.79 Å². The summed E-state index contributed by atoms with van der Waals surface area (Å²) in [5, 5.41) is 0. The van der Waals surface area contributed by atoms with Gasteiger partial charge in [0, 0.05) is 17.3 Å². The summed E-state index contributed by atoms with van der Waals surface area (Å²) < 4.78 is 16.3. The number of hydrogen-bond donors (Lipinski definition) is 1. The Kier molecular flexibility index (Phi) is 3.35. The summed E-state index contributed by atoms with van der Waals surface area (Å²) >= 11 is 0. The van der Waals surface area contributed by atoms with Crippen LogP contribution in [0.15, 0.2) is 66.9 Å². The molecule has 128 valence electrons. The van der Waals surface area contributed by atoms with Gasteiger partial charge < -0.3 is 19.2 Å². The molecule has 1 aliphatic carbocycles. The van der Waals surface area contributed by atoms with Crippen LogP contribution in [0, 0.1) is 0 Å². The lowest BCUT2D eigenvalue weighted by atomic mass is 10.0. The Morgan fingerprint density at radius 3 is 2.46 bits per heavy atom. The van der Waals surface area contributed by atoms with Gasteiger partial charge in [0.05, 0.1) is 12.8 Å². The third kappa shape index (κ3) is 2.30. The highest BCUT2D eigenvalue weighted by Crippen LogP contribution is 2.45. The van der Waals surface area contributed by atoms with Gasteiger partial charge in [0.15, 0.2) is 11.5 Å². The van der Waals surface area contributed by atoms with Crippen LogP contribution in [0.1, 0.15) is 0 Å². The van der Waals surface area contributed by atoms with Crippen LogP contribution >= 0.6 is 0 Å². The van der Waals surface area contributed by atoms with Crippen molar-refractivity contribution in [1.29, 1.82) is 0 Å². The molecule has 0 amide bonds. The number of hydrogen-bond acceptors (Lipinski definition) is 3. The van der Waals surface area contributed by atoms with Gasteiger partial charge in [-0.25, -0.2) is 0 Å². The van der Waals surface area contributed by atoms with Crippen molar-refractivity contribution in [3.05, 3.63) is 66.9 Å². The highest BCUT2D eigenvalue weighted by molar-refractivity contribution is 5.96. The summed E-state index contributed by atoms with van der Waals surface area (Å²) in [6.07, 6.45) is 1.96. The van der Waals surface area contributed by atoms with Crippen LogP contribution in [-0.2, 0) is 0 Å². The molecule has 0 fully saturated rings. The first-order chi connectivity index (χ1) is 12.8. The Labute approximate surface area is 151 Å². The van der Waals surface area contributed by atoms with Crippen molar-refractivity contribution in [2.75, 3.05) is 13.9 Å². The zero-order valence-corrected chi connectivity index (χ0v) is 14.3. The van der Waals surface area contributed by atoms with Gasteiger partial charge in [-0.3, -0.25) is 0 Å². The van der Waals surface area contributed by atoms with Crippen molar-refractivity contribution in [2.24, 2.45) is 0 Å². The standard InChI is InChI=1S/C22H17NO3/c1-24-16-7-4-14(5-8-16)19-12-18(17-3-2-10-23-22(17)19)15-6-9-20-21(11-15)26-13-25-20/h2-12,23H,13H2,1H3. The fourth-order valence-electron chi connectivity index (χ4n) is 3.48. The number of fused-ring (bicyclic) bond motifs is 2. The van der Waals surface area contributed by atoms with E-state index in [4.69, 9.17) is 14.2 Å². The van der Waals surface area contributed by atoms with E-state index in [1.807, 2.05) is 36.5 Å². The molecule has 2 aromatic carbocycles. The minimum atomic E-state index is 0.283. The topological polar surface area (TPSA) is 43.5 Å². The van der Waals surface area contributed by atoms with Crippen molar-refractivity contribution in [3.63, 3.8) is 0 Å². The van der Waals surface area contributed by atoms with Crippen molar-refractivity contribution in [2.45, 2.75) is 0 Å². The molecule has 0 saturated heterocycles. The second-order valence-corrected chi connectivity index (χ2v) is 6.23. The number of ether oxygens (including phenoxy) is 3. The maximum atomic E-state index is 5.55. The van der Waals surface area contributed by atoms with Crippen LogP contribution in [0.5, 0.6) is 17.2 Å². The van der Waals surface area contributed by atoms with Crippen LogP contribution < -0.4 is 14.2 Å². The van der Waals surface area contributed by atoms with Gasteiger partial charge in [-0.2, -0.15) is 0 Å². The first kappa shape index (κ1) is 14.9. The molecule has 0 aromatic heterocycles. The van der Waals surface area contributed by atoms with E-state index < -0.39 is 0 Å². The largest absolute Gasteiger partial charge is 0.497 e. The fraction of sp³-hybridized carbons (Fsp3) is 0.0909. The van der Waals surface area contributed by atoms with Crippen LogP contribution in [0.4, 0.5) is 0 Å². The summed E-state index contributed by atoms with van der Waals surface area (Å²) in [7, 11) is 1.68. The van der Waals surface area contributed by atoms with Crippen LogP contribution in [0.3, 0.4) is 0 Å². The number of methoxy groups -OCH3 is 1. The average molecular weight is 343 g/mol. The lowest BCUT2D eigenvalue weighted by Gasteiger charge is -2.07. The van der Waals surface area contributed by atoms with E-state index in [2.05, 4.69) is 35.3 Å². The smallest absolute Gasteiger partial charge is 0.231 e. The Morgan fingerprint density at radius 1 is 0.808 bits per heavy atom. The van der Waals surface area contributed by atoms with Gasteiger partial charge in [0.1, 0.15) is 5.75 Å². The van der Waals surface area contributed by atoms with E-state index in [0.717, 1.165) is 39.6 Å². The number of H-pyrrole nitrogens is 1. The normalized spacial score (nSPS) is 12.5. The van der Waals surface area contributed by atoms with Gasteiger partial charge in [-0.05, 0) is 53.1 Å². The molecule has 0 unspecified atom stereocenters. The molecule has 0 atom stereocenters. The molecule has 4 nitrogen and oxygen atoms in total. The fourth-order valence-corrected chi connectivity index (χ4v) is 3.48. The van der Waals surface area contributed by atoms with Crippen molar-refractivity contribution < 1.29 is 14.2 Å². The van der Waals surface area contributed by atoms with Gasteiger partial charge in [-0.15, -0.1) is 0 Å². The summed E-state index contributed by atoms with van der Waals surface area (Å²) in [5.74, 6) is 2.44. The second-order valence-electron chi connectivity index (χ2n) is 6.23. The Morgan fingerprint density at radius 2 is 1.62 bits per heavy atom. The van der Waals surface area contributed by atoms with Crippen LogP contribution in [0.2, 0.25) is 0 Å². The van der Waals surface area contributed by atoms with Crippen LogP contribution in [-0.4, -0.2) is 18.9 Å². The van der Waals surface area contributed by atoms with E-state index in [-0.39, 0.29) is 6.79 Å². The number of rotatable bonds is 3. The molecular weight excluding hydrogens is 326 g/mol. The molecule has 5 rings (SSSR count). The number of benzene rings is 2. The highest BCUT2D eigenvalue weighted by atomic mass is 16.7. The second kappa shape index (κ2) is 5.85. The maximum Gasteiger partial charge on any atom is 0.231 e. The average Bonchev–Trinajstić information content (AvgIpc) is 3.32. The minimum Gasteiger partial charge on any atom is -0.497 e. The number of aromatic amines is 1. The van der Waals surface area contributed by atoms with E-state index >= 15 is 0 Å². The Bertz CT molecular complexity index is 1050. The molecule has 2 aromatic rings. The zero-order chi connectivity index (χ0) is 17.5. The van der Waals surface area contributed by atoms with Crippen molar-refractivity contribution in [1.82, 2.24) is 4.98 Å². The van der Waals surface area contributed by atoms with Gasteiger partial charge >= 0.3 is 0 Å². The summed E-state index contributed by atoms with van der Waals surface area (Å²) in [4.78, 5) is 3.40. The van der Waals surface area contributed by atoms with E-state index in [0.29, 0.717) is 0 Å². The minimum absolute atomic E-state index is 0.283. The zero-order valence-electron chi connectivity index (χ0n) is 14.3. The molecule has 2 heterocycles. The molecule has 1 N–H and O–H groups in total. The molecule has 3 aliphatic rings. The van der Waals surface area contributed by atoms with E-state index in [1.54, 1.807) is 7.11 Å². The molecule has 0 saturated carbocycles. The maximum absolute atomic E-state index is 5.55. The van der Waals surface area contributed by atoms with Crippen molar-refractivity contribution >= 4 is 0 Å². The molecular formula is C22H17NO3. The Balaban J connectivity index is 1.67. The summed E-state index contributed by atoms with van der Waals surface area (Å²) in [6.45, 7) is 0.283. The highest BCUT2D eigenvalue weighted by Gasteiger charge is 2.20. The lowest BCUT2D eigenvalue weighted by Crippen LogP contribution is -1.92. The quantitative estimate of drug-likeness (QED) is 0.557. The molecule has 0 radical (unpaired) electrons. The number of nitrogens with one attached hydrogen (secondary N) is 1. The van der Waals surface area contributed by atoms with Gasteiger partial charge in [-0.1, -0.05) is 24.3 Å². The predicted molar refractivity (Wildman–Crippen MR) is 101 cm³/mol. The summed E-state index contributed by atoms with van der Waals surface area (Å²) in [6, 6.07) is 20.6. The molecule has 2 aliphatic heterocycles. The SMILES string of the molecule is COc1ccc(-c2cc(-c3ccc4c(c3)OCO4)c3ccc[nH]c2-3)cc1. The molecule has 26 heavy (non-hydrogen) atoms. The third-order valence-corrected chi connectivity index (χ3v) is 4.79. The Hall–Kier alpha value is -3.40. The van der Waals surface area contributed by atoms with Crippen LogP contribution in [0.25, 0.3) is 33.5 Å². The lowest BCUT2D eigenvalue weighted by molar-refractivity contribution is 0.174. The first-order valence-corrected chi connectivity index (χ1v) is 8.48. The number of pyridine rings is 1. The molecule has 0 spiro atoms.